The topological polar surface area (TPSA) is 111 Å². The van der Waals surface area contributed by atoms with Crippen LogP contribution in [0, 0.1) is 18.3 Å². The second-order valence-electron chi connectivity index (χ2n) is 11.8. The van der Waals surface area contributed by atoms with Crippen LogP contribution in [0.2, 0.25) is 0 Å². The number of amides is 2. The molecule has 7 nitrogen and oxygen atoms in total. The van der Waals surface area contributed by atoms with Crippen LogP contribution < -0.4 is 11.1 Å². The average Bonchev–Trinajstić information content (AvgIpc) is 3.13. The van der Waals surface area contributed by atoms with E-state index < -0.39 is 22.0 Å². The van der Waals surface area contributed by atoms with E-state index in [-0.39, 0.29) is 17.9 Å². The van der Waals surface area contributed by atoms with Crippen molar-refractivity contribution < 1.29 is 18.0 Å². The number of rotatable bonds is 8. The smallest absolute Gasteiger partial charge is 0.253 e. The molecule has 1 aliphatic rings. The predicted molar refractivity (Wildman–Crippen MR) is 144 cm³/mol. The Morgan fingerprint density at radius 2 is 1.69 bits per heavy atom. The molecular weight excluding hydrogens is 474 g/mol. The number of carbonyl (C=O) groups is 2. The summed E-state index contributed by atoms with van der Waals surface area (Å²) in [5.41, 5.74) is 8.21. The minimum absolute atomic E-state index is 0.142. The van der Waals surface area contributed by atoms with Crippen molar-refractivity contribution in [1.82, 2.24) is 9.88 Å². The average molecular weight is 516 g/mol. The third-order valence-electron chi connectivity index (χ3n) is 7.43. The molecule has 1 aromatic carbocycles. The van der Waals surface area contributed by atoms with Gasteiger partial charge in [0.05, 0.1) is 15.9 Å². The zero-order valence-corrected chi connectivity index (χ0v) is 23.3. The van der Waals surface area contributed by atoms with Crippen LogP contribution in [0.15, 0.2) is 29.2 Å². The summed E-state index contributed by atoms with van der Waals surface area (Å²) < 4.78 is 26.1. The van der Waals surface area contributed by atoms with Crippen LogP contribution in [0.5, 0.6) is 0 Å². The van der Waals surface area contributed by atoms with E-state index in [2.05, 4.69) is 9.88 Å². The first-order chi connectivity index (χ1) is 16.7. The van der Waals surface area contributed by atoms with Crippen LogP contribution in [-0.2, 0) is 27.5 Å². The van der Waals surface area contributed by atoms with Gasteiger partial charge in [-0.3, -0.25) is 9.59 Å². The van der Waals surface area contributed by atoms with E-state index in [4.69, 9.17) is 5.73 Å². The molecule has 2 amide bonds. The molecule has 1 fully saturated rings. The van der Waals surface area contributed by atoms with Crippen LogP contribution >= 0.6 is 0 Å². The van der Waals surface area contributed by atoms with Crippen LogP contribution in [0.25, 0.3) is 11.3 Å². The third-order valence-corrected chi connectivity index (χ3v) is 8.21. The molecule has 0 saturated heterocycles. The number of hydrogen-bond acceptors (Lipinski definition) is 4. The monoisotopic (exact) mass is 515 g/mol. The van der Waals surface area contributed by atoms with Crippen molar-refractivity contribution in [2.75, 3.05) is 6.54 Å². The lowest BCUT2D eigenvalue weighted by Gasteiger charge is -2.25. The van der Waals surface area contributed by atoms with E-state index in [9.17, 15) is 18.0 Å². The minimum Gasteiger partial charge on any atom is -0.369 e. The fraction of sp³-hybridized carbons (Fsp3) is 0.571. The Morgan fingerprint density at radius 3 is 2.25 bits per heavy atom. The molecule has 0 aliphatic heterocycles. The zero-order valence-electron chi connectivity index (χ0n) is 22.4. The summed E-state index contributed by atoms with van der Waals surface area (Å²) in [4.78, 5) is 25.3. The largest absolute Gasteiger partial charge is 0.369 e. The number of hydrogen-bond donors (Lipinski definition) is 3. The van der Waals surface area contributed by atoms with Crippen molar-refractivity contribution in [3.05, 3.63) is 41.1 Å². The molecule has 0 spiro atoms. The molecule has 3 rings (SSSR count). The van der Waals surface area contributed by atoms with Gasteiger partial charge in [-0.25, -0.2) is 8.42 Å². The molecule has 198 valence electrons. The molecule has 0 atom stereocenters. The molecule has 1 aliphatic carbocycles. The van der Waals surface area contributed by atoms with Gasteiger partial charge >= 0.3 is 0 Å². The number of nitrogens with two attached hydrogens (primary N) is 1. The first-order valence-electron chi connectivity index (χ1n) is 12.8. The molecular formula is C28H41N3O4S. The number of benzene rings is 1. The summed E-state index contributed by atoms with van der Waals surface area (Å²) in [6.07, 6.45) is 6.02. The normalized spacial score (nSPS) is 15.3. The van der Waals surface area contributed by atoms with Gasteiger partial charge in [0.2, 0.25) is 5.91 Å². The first-order valence-corrected chi connectivity index (χ1v) is 14.0. The molecule has 1 aromatic heterocycles. The lowest BCUT2D eigenvalue weighted by molar-refractivity contribution is -0.125. The maximum atomic E-state index is 13.2. The molecule has 0 unspecified atom stereocenters. The molecule has 1 saturated carbocycles. The van der Waals surface area contributed by atoms with E-state index in [0.29, 0.717) is 16.4 Å². The van der Waals surface area contributed by atoms with Crippen molar-refractivity contribution in [3.8, 4) is 11.3 Å². The number of aromatic nitrogens is 1. The summed E-state index contributed by atoms with van der Waals surface area (Å²) in [7, 11) is -2.73. The molecule has 36 heavy (non-hydrogen) atoms. The summed E-state index contributed by atoms with van der Waals surface area (Å²) in [6, 6.07) is 7.34. The maximum Gasteiger partial charge on any atom is 0.253 e. The number of carbonyl (C=O) groups excluding carboxylic acids is 2. The first kappa shape index (κ1) is 28.0. The van der Waals surface area contributed by atoms with E-state index >= 15 is 0 Å². The van der Waals surface area contributed by atoms with Crippen LogP contribution in [-0.4, -0.2) is 31.3 Å². The van der Waals surface area contributed by atoms with Crippen molar-refractivity contribution in [3.63, 3.8) is 0 Å². The van der Waals surface area contributed by atoms with Gasteiger partial charge in [-0.1, -0.05) is 46.1 Å². The Kier molecular flexibility index (Phi) is 8.38. The second kappa shape index (κ2) is 10.8. The Bertz CT molecular complexity index is 1200. The van der Waals surface area contributed by atoms with Crippen LogP contribution in [0.3, 0.4) is 0 Å². The maximum absolute atomic E-state index is 13.2. The van der Waals surface area contributed by atoms with Gasteiger partial charge < -0.3 is 15.6 Å². The van der Waals surface area contributed by atoms with Gasteiger partial charge in [0, 0.05) is 24.5 Å². The predicted octanol–water partition coefficient (Wildman–Crippen LogP) is 4.55. The Balaban J connectivity index is 2.08. The van der Waals surface area contributed by atoms with E-state index in [0.717, 1.165) is 41.9 Å². The van der Waals surface area contributed by atoms with E-state index in [1.54, 1.807) is 19.9 Å². The Hall–Kier alpha value is -2.61. The van der Waals surface area contributed by atoms with Gasteiger partial charge in [-0.15, -0.1) is 0 Å². The van der Waals surface area contributed by atoms with E-state index in [1.165, 1.54) is 19.3 Å². The summed E-state index contributed by atoms with van der Waals surface area (Å²) >= 11 is 0. The fourth-order valence-electron chi connectivity index (χ4n) is 4.92. The Morgan fingerprint density at radius 1 is 1.06 bits per heavy atom. The van der Waals surface area contributed by atoms with Gasteiger partial charge in [0.1, 0.15) is 0 Å². The van der Waals surface area contributed by atoms with E-state index in [1.807, 2.05) is 45.9 Å². The summed E-state index contributed by atoms with van der Waals surface area (Å²) in [5, 5.41) is 2.88. The molecule has 0 radical (unpaired) electrons. The van der Waals surface area contributed by atoms with Crippen molar-refractivity contribution in [2.45, 2.75) is 90.5 Å². The third kappa shape index (κ3) is 6.20. The molecule has 3 N–H and O–H groups in total. The van der Waals surface area contributed by atoms with Gasteiger partial charge in [0.15, 0.2) is 10.7 Å². The Labute approximate surface area is 216 Å². The SMILES string of the molecule is Cc1c(C(=O)NCC(C)(C)C(N)=O)cc(-c2ccc([SH](=O)=O)c(C(C)(C)C)c2)n1CC1CCCCC1. The number of thiol groups is 1. The summed E-state index contributed by atoms with van der Waals surface area (Å²) in [6.45, 7) is 12.3. The number of primary amides is 1. The highest BCUT2D eigenvalue weighted by atomic mass is 32.2. The highest BCUT2D eigenvalue weighted by Gasteiger charge is 2.28. The quantitative estimate of drug-likeness (QED) is 0.448. The lowest BCUT2D eigenvalue weighted by atomic mass is 9.85. The van der Waals surface area contributed by atoms with Gasteiger partial charge in [0.25, 0.3) is 5.91 Å². The lowest BCUT2D eigenvalue weighted by Crippen LogP contribution is -2.42. The zero-order chi connectivity index (χ0) is 26.8. The second-order valence-corrected chi connectivity index (χ2v) is 12.8. The van der Waals surface area contributed by atoms with Crippen LogP contribution in [0.4, 0.5) is 0 Å². The highest BCUT2D eigenvalue weighted by Crippen LogP contribution is 2.35. The molecule has 1 heterocycles. The highest BCUT2D eigenvalue weighted by molar-refractivity contribution is 7.72. The number of nitrogens with one attached hydrogen (secondary N) is 1. The summed E-state index contributed by atoms with van der Waals surface area (Å²) in [5.74, 6) is -0.187. The standard InChI is InChI=1S/C28H41N3O4S/c1-18-21(25(32)30-17-28(5,6)26(29)33)15-23(31(18)16-19-10-8-7-9-11-19)20-12-13-24(36(34)35)22(14-20)27(2,3)4/h12-15,19,36H,7-11,16-17H2,1-6H3,(H2,29,33)(H,30,32). The minimum atomic E-state index is -2.73. The molecule has 8 heteroatoms. The molecule has 2 aromatic rings. The van der Waals surface area contributed by atoms with Gasteiger partial charge in [-0.2, -0.15) is 0 Å². The van der Waals surface area contributed by atoms with Gasteiger partial charge in [-0.05, 0) is 74.3 Å². The van der Waals surface area contributed by atoms with Crippen molar-refractivity contribution >= 4 is 22.5 Å². The van der Waals surface area contributed by atoms with Crippen molar-refractivity contribution in [1.29, 1.82) is 0 Å². The van der Waals surface area contributed by atoms with Crippen LogP contribution in [0.1, 0.15) is 88.3 Å². The fourth-order valence-corrected chi connectivity index (χ4v) is 5.71. The van der Waals surface area contributed by atoms with Crippen molar-refractivity contribution in [2.24, 2.45) is 17.1 Å². The number of nitrogens with zero attached hydrogens (tertiary/aromatic N) is 1. The molecule has 0 bridgehead atoms.